The third kappa shape index (κ3) is 7.62. The second-order valence-corrected chi connectivity index (χ2v) is 6.81. The molecule has 5 atom stereocenters. The first-order chi connectivity index (χ1) is 14.1. The number of carbonyl (C=O) groups excluding carboxylic acids is 3. The molecular weight excluding hydrogens is 420 g/mol. The van der Waals surface area contributed by atoms with Crippen LogP contribution < -0.4 is 21.7 Å². The van der Waals surface area contributed by atoms with E-state index in [1.165, 1.54) is 19.4 Å². The van der Waals surface area contributed by atoms with Gasteiger partial charge in [0.05, 0.1) is 25.1 Å². The van der Waals surface area contributed by atoms with Gasteiger partial charge in [0.25, 0.3) is 0 Å². The fourth-order valence-electron chi connectivity index (χ4n) is 2.29. The number of thiol groups is 1. The highest BCUT2D eigenvalue weighted by molar-refractivity contribution is 7.80. The molecule has 0 aliphatic heterocycles. The molecule has 0 bridgehead atoms. The minimum atomic E-state index is -1.53. The maximum Gasteiger partial charge on any atom is 0.326 e. The number of carboxylic acids is 1. The molecule has 0 aliphatic carbocycles. The Bertz CT molecular complexity index is 730. The molecule has 5 unspecified atom stereocenters. The quantitative estimate of drug-likeness (QED) is 0.143. The molecule has 0 spiro atoms. The molecule has 1 aromatic heterocycles. The number of hydrogen-bond donors (Lipinski definition) is 9. The number of nitrogens with one attached hydrogen (secondary N) is 4. The van der Waals surface area contributed by atoms with Crippen LogP contribution in [0.2, 0.25) is 0 Å². The van der Waals surface area contributed by atoms with Crippen LogP contribution in [0.4, 0.5) is 0 Å². The largest absolute Gasteiger partial charge is 0.480 e. The smallest absolute Gasteiger partial charge is 0.326 e. The average molecular weight is 446 g/mol. The Morgan fingerprint density at radius 3 is 2.27 bits per heavy atom. The van der Waals surface area contributed by atoms with Gasteiger partial charge in [-0.1, -0.05) is 0 Å². The topological polar surface area (TPSA) is 220 Å². The lowest BCUT2D eigenvalue weighted by atomic mass is 10.1. The van der Waals surface area contributed by atoms with E-state index in [2.05, 4.69) is 38.5 Å². The highest BCUT2D eigenvalue weighted by Crippen LogP contribution is 2.01. The number of rotatable bonds is 12. The summed E-state index contributed by atoms with van der Waals surface area (Å²) in [5.74, 6) is -4.04. The van der Waals surface area contributed by atoms with E-state index in [-0.39, 0.29) is 12.2 Å². The lowest BCUT2D eigenvalue weighted by molar-refractivity contribution is -0.142. The second-order valence-electron chi connectivity index (χ2n) is 6.44. The first kappa shape index (κ1) is 25.4. The van der Waals surface area contributed by atoms with Crippen molar-refractivity contribution < 1.29 is 34.5 Å². The van der Waals surface area contributed by atoms with Crippen LogP contribution in [0.5, 0.6) is 0 Å². The summed E-state index contributed by atoms with van der Waals surface area (Å²) in [5, 5.41) is 35.1. The van der Waals surface area contributed by atoms with Gasteiger partial charge < -0.3 is 42.0 Å². The maximum absolute atomic E-state index is 12.4. The predicted octanol–water partition coefficient (Wildman–Crippen LogP) is -3.88. The Morgan fingerprint density at radius 1 is 1.17 bits per heavy atom. The van der Waals surface area contributed by atoms with Gasteiger partial charge in [0, 0.05) is 24.1 Å². The summed E-state index contributed by atoms with van der Waals surface area (Å²) in [4.78, 5) is 54.5. The van der Waals surface area contributed by atoms with Crippen LogP contribution in [-0.4, -0.2) is 91.6 Å². The van der Waals surface area contributed by atoms with Crippen molar-refractivity contribution in [2.45, 2.75) is 43.6 Å². The Morgan fingerprint density at radius 2 is 1.80 bits per heavy atom. The molecule has 0 saturated heterocycles. The number of hydrogen-bond acceptors (Lipinski definition) is 9. The second kappa shape index (κ2) is 12.1. The Labute approximate surface area is 177 Å². The van der Waals surface area contributed by atoms with Crippen molar-refractivity contribution in [3.8, 4) is 0 Å². The van der Waals surface area contributed by atoms with E-state index in [0.717, 1.165) is 0 Å². The Balaban J connectivity index is 2.80. The number of imidazole rings is 1. The highest BCUT2D eigenvalue weighted by atomic mass is 32.1. The normalized spacial score (nSPS) is 15.9. The molecule has 0 fully saturated rings. The number of aliphatic hydroxyl groups excluding tert-OH is 2. The highest BCUT2D eigenvalue weighted by Gasteiger charge is 2.32. The van der Waals surface area contributed by atoms with Gasteiger partial charge in [-0.15, -0.1) is 0 Å². The summed E-state index contributed by atoms with van der Waals surface area (Å²) in [6.07, 6.45) is 1.27. The number of aliphatic hydroxyl groups is 2. The van der Waals surface area contributed by atoms with Crippen LogP contribution in [0, 0.1) is 0 Å². The van der Waals surface area contributed by atoms with Crippen molar-refractivity contribution in [2.75, 3.05) is 12.4 Å². The SMILES string of the molecule is CC(O)C(NC(=O)C(N)CS)C(=O)NC(CO)C(=O)NC(Cc1cnc[nH]1)C(=O)O. The third-order valence-corrected chi connectivity index (χ3v) is 4.40. The van der Waals surface area contributed by atoms with Gasteiger partial charge in [-0.2, -0.15) is 12.6 Å². The summed E-state index contributed by atoms with van der Waals surface area (Å²) < 4.78 is 0. The first-order valence-electron chi connectivity index (χ1n) is 8.87. The molecule has 0 saturated carbocycles. The number of carboxylic acid groups (broad SMARTS) is 1. The van der Waals surface area contributed by atoms with Crippen LogP contribution in [0.1, 0.15) is 12.6 Å². The molecule has 3 amide bonds. The number of nitrogens with two attached hydrogens (primary N) is 1. The van der Waals surface area contributed by atoms with Gasteiger partial charge in [0.15, 0.2) is 0 Å². The number of nitrogens with zero attached hydrogens (tertiary/aromatic N) is 1. The van der Waals surface area contributed by atoms with E-state index in [0.29, 0.717) is 5.69 Å². The van der Waals surface area contributed by atoms with Gasteiger partial charge >= 0.3 is 5.97 Å². The molecule has 1 heterocycles. The zero-order valence-electron chi connectivity index (χ0n) is 16.1. The molecule has 14 heteroatoms. The lowest BCUT2D eigenvalue weighted by Gasteiger charge is -2.25. The Hall–Kier alpha value is -2.68. The van der Waals surface area contributed by atoms with E-state index < -0.39 is 60.6 Å². The molecule has 1 aromatic rings. The first-order valence-corrected chi connectivity index (χ1v) is 9.50. The number of amides is 3. The fraction of sp³-hybridized carbons (Fsp3) is 0.562. The average Bonchev–Trinajstić information content (AvgIpc) is 3.21. The monoisotopic (exact) mass is 446 g/mol. The van der Waals surface area contributed by atoms with Crippen molar-refractivity contribution in [3.05, 3.63) is 18.2 Å². The van der Waals surface area contributed by atoms with E-state index in [1.54, 1.807) is 0 Å². The van der Waals surface area contributed by atoms with Crippen LogP contribution in [0.15, 0.2) is 12.5 Å². The van der Waals surface area contributed by atoms with E-state index in [1.807, 2.05) is 0 Å². The van der Waals surface area contributed by atoms with Crippen molar-refractivity contribution in [3.63, 3.8) is 0 Å². The summed E-state index contributed by atoms with van der Waals surface area (Å²) >= 11 is 3.87. The summed E-state index contributed by atoms with van der Waals surface area (Å²) in [7, 11) is 0. The van der Waals surface area contributed by atoms with Gasteiger partial charge in [-0.25, -0.2) is 9.78 Å². The number of H-pyrrole nitrogens is 1. The van der Waals surface area contributed by atoms with Gasteiger partial charge in [-0.05, 0) is 6.92 Å². The summed E-state index contributed by atoms with van der Waals surface area (Å²) in [6.45, 7) is 0.375. The summed E-state index contributed by atoms with van der Waals surface area (Å²) in [6, 6.07) is -5.38. The zero-order valence-corrected chi connectivity index (χ0v) is 17.0. The summed E-state index contributed by atoms with van der Waals surface area (Å²) in [5.41, 5.74) is 5.96. The van der Waals surface area contributed by atoms with E-state index in [4.69, 9.17) is 5.73 Å². The molecule has 30 heavy (non-hydrogen) atoms. The van der Waals surface area contributed by atoms with Crippen molar-refractivity contribution in [2.24, 2.45) is 5.73 Å². The zero-order chi connectivity index (χ0) is 22.8. The van der Waals surface area contributed by atoms with Crippen molar-refractivity contribution >= 4 is 36.3 Å². The van der Waals surface area contributed by atoms with Gasteiger partial charge in [0.1, 0.15) is 18.1 Å². The standard InChI is InChI=1S/C16H26N6O7S/c1-7(24)12(22-13(25)9(17)5-30)15(27)21-11(4-23)14(26)20-10(16(28)29)2-8-3-18-6-19-8/h3,6-7,9-12,23-24,30H,2,4-5,17H2,1H3,(H,18,19)(H,20,26)(H,21,27)(H,22,25)(H,28,29). The van der Waals surface area contributed by atoms with E-state index >= 15 is 0 Å². The number of aromatic amines is 1. The molecule has 1 rings (SSSR count). The van der Waals surface area contributed by atoms with Crippen LogP contribution in [0.3, 0.4) is 0 Å². The van der Waals surface area contributed by atoms with Gasteiger partial charge in [0.2, 0.25) is 17.7 Å². The minimum absolute atomic E-state index is 0.00540. The predicted molar refractivity (Wildman–Crippen MR) is 106 cm³/mol. The molecule has 9 N–H and O–H groups in total. The minimum Gasteiger partial charge on any atom is -0.480 e. The van der Waals surface area contributed by atoms with Crippen LogP contribution >= 0.6 is 12.6 Å². The number of carbonyl (C=O) groups is 4. The van der Waals surface area contributed by atoms with E-state index in [9.17, 15) is 34.5 Å². The van der Waals surface area contributed by atoms with Crippen molar-refractivity contribution in [1.82, 2.24) is 25.9 Å². The van der Waals surface area contributed by atoms with Crippen LogP contribution in [-0.2, 0) is 25.6 Å². The molecular formula is C16H26N6O7S. The number of aliphatic carboxylic acids is 1. The number of aromatic nitrogens is 2. The molecule has 168 valence electrons. The molecule has 13 nitrogen and oxygen atoms in total. The Kier molecular flexibility index (Phi) is 10.2. The fourth-order valence-corrected chi connectivity index (χ4v) is 2.46. The van der Waals surface area contributed by atoms with Gasteiger partial charge in [-0.3, -0.25) is 14.4 Å². The van der Waals surface area contributed by atoms with Crippen molar-refractivity contribution in [1.29, 1.82) is 0 Å². The molecule has 0 radical (unpaired) electrons. The molecule has 0 aliphatic rings. The third-order valence-electron chi connectivity index (χ3n) is 4.01. The molecule has 0 aromatic carbocycles. The maximum atomic E-state index is 12.4. The van der Waals surface area contributed by atoms with Crippen LogP contribution in [0.25, 0.3) is 0 Å². The lowest BCUT2D eigenvalue weighted by Crippen LogP contribution is -2.60.